The molecule has 30 heavy (non-hydrogen) atoms. The van der Waals surface area contributed by atoms with E-state index in [4.69, 9.17) is 32.7 Å². The zero-order valence-corrected chi connectivity index (χ0v) is 18.7. The van der Waals surface area contributed by atoms with Gasteiger partial charge in [0, 0.05) is 18.1 Å². The van der Waals surface area contributed by atoms with Gasteiger partial charge >= 0.3 is 0 Å². The molecule has 0 unspecified atom stereocenters. The van der Waals surface area contributed by atoms with E-state index in [2.05, 4.69) is 4.98 Å². The fourth-order valence-electron chi connectivity index (χ4n) is 3.39. The average Bonchev–Trinajstić information content (AvgIpc) is 3.39. The number of fused-ring (bicyclic) bond motifs is 1. The molecular weight excluding hydrogens is 443 g/mol. The van der Waals surface area contributed by atoms with E-state index in [1.807, 2.05) is 24.3 Å². The highest BCUT2D eigenvalue weighted by Crippen LogP contribution is 2.31. The number of thiazole rings is 1. The summed E-state index contributed by atoms with van der Waals surface area (Å²) >= 11 is 13.6. The van der Waals surface area contributed by atoms with Gasteiger partial charge in [-0.2, -0.15) is 0 Å². The Bertz CT molecular complexity index is 988. The van der Waals surface area contributed by atoms with Crippen LogP contribution in [0.3, 0.4) is 0 Å². The zero-order valence-electron chi connectivity index (χ0n) is 16.4. The molecule has 8 heteroatoms. The van der Waals surface area contributed by atoms with Gasteiger partial charge in [-0.3, -0.25) is 9.69 Å². The van der Waals surface area contributed by atoms with Crippen molar-refractivity contribution < 1.29 is 14.3 Å². The summed E-state index contributed by atoms with van der Waals surface area (Å²) in [7, 11) is 0. The van der Waals surface area contributed by atoms with E-state index in [0.29, 0.717) is 41.8 Å². The van der Waals surface area contributed by atoms with E-state index >= 15 is 0 Å². The number of para-hydroxylation sites is 1. The second-order valence-electron chi connectivity index (χ2n) is 7.13. The normalized spacial score (nSPS) is 16.1. The molecule has 0 radical (unpaired) electrons. The van der Waals surface area contributed by atoms with Crippen LogP contribution >= 0.6 is 34.5 Å². The van der Waals surface area contributed by atoms with E-state index in [1.165, 1.54) is 11.3 Å². The minimum Gasteiger partial charge on any atom is -0.492 e. The quantitative estimate of drug-likeness (QED) is 0.385. The van der Waals surface area contributed by atoms with Gasteiger partial charge in [0.25, 0.3) is 0 Å². The average molecular weight is 465 g/mol. The van der Waals surface area contributed by atoms with Crippen molar-refractivity contribution in [2.75, 3.05) is 24.7 Å². The Labute approximate surface area is 189 Å². The molecule has 2 aromatic carbocycles. The Morgan fingerprint density at radius 3 is 2.90 bits per heavy atom. The second kappa shape index (κ2) is 9.96. The van der Waals surface area contributed by atoms with E-state index in [9.17, 15) is 4.79 Å². The van der Waals surface area contributed by atoms with Crippen LogP contribution in [0.2, 0.25) is 10.0 Å². The lowest BCUT2D eigenvalue weighted by Gasteiger charge is -2.23. The van der Waals surface area contributed by atoms with Crippen LogP contribution in [-0.2, 0) is 9.53 Å². The SMILES string of the molecule is O=C(CCCOc1ccc(Cl)cc1Cl)N(C[C@H]1CCCO1)c1nc2ccccc2s1. The van der Waals surface area contributed by atoms with Gasteiger partial charge in [-0.1, -0.05) is 46.7 Å². The first-order chi connectivity index (χ1) is 14.6. The van der Waals surface area contributed by atoms with Crippen molar-refractivity contribution >= 4 is 55.8 Å². The summed E-state index contributed by atoms with van der Waals surface area (Å²) in [6, 6.07) is 13.0. The number of carbonyl (C=O) groups is 1. The highest BCUT2D eigenvalue weighted by molar-refractivity contribution is 7.22. The van der Waals surface area contributed by atoms with E-state index in [0.717, 1.165) is 34.8 Å². The van der Waals surface area contributed by atoms with Gasteiger partial charge in [-0.15, -0.1) is 0 Å². The van der Waals surface area contributed by atoms with E-state index in [1.54, 1.807) is 23.1 Å². The third-order valence-corrected chi connectivity index (χ3v) is 6.50. The standard InChI is InChI=1S/C22H22Cl2N2O3S/c23-15-9-10-19(17(24)13-15)29-12-4-8-21(27)26(14-16-5-3-11-28-16)22-25-18-6-1-2-7-20(18)30-22/h1-2,6-7,9-10,13,16H,3-5,8,11-12,14H2/t16-/m1/s1. The van der Waals surface area contributed by atoms with Gasteiger partial charge in [0.1, 0.15) is 5.75 Å². The van der Waals surface area contributed by atoms with Crippen LogP contribution in [-0.4, -0.2) is 36.8 Å². The van der Waals surface area contributed by atoms with Crippen molar-refractivity contribution in [1.82, 2.24) is 4.98 Å². The van der Waals surface area contributed by atoms with Crippen molar-refractivity contribution in [3.05, 3.63) is 52.5 Å². The molecule has 0 N–H and O–H groups in total. The fraction of sp³-hybridized carbons (Fsp3) is 0.364. The van der Waals surface area contributed by atoms with Crippen LogP contribution < -0.4 is 9.64 Å². The number of amides is 1. The number of nitrogens with zero attached hydrogens (tertiary/aromatic N) is 2. The Morgan fingerprint density at radius 1 is 1.27 bits per heavy atom. The number of carbonyl (C=O) groups excluding carboxylic acids is 1. The highest BCUT2D eigenvalue weighted by atomic mass is 35.5. The summed E-state index contributed by atoms with van der Waals surface area (Å²) < 4.78 is 12.5. The molecule has 2 heterocycles. The number of hydrogen-bond donors (Lipinski definition) is 0. The lowest BCUT2D eigenvalue weighted by molar-refractivity contribution is -0.119. The number of benzene rings is 2. The fourth-order valence-corrected chi connectivity index (χ4v) is 4.84. The predicted octanol–water partition coefficient (Wildman–Crippen LogP) is 5.97. The first-order valence-corrected chi connectivity index (χ1v) is 11.5. The van der Waals surface area contributed by atoms with Crippen molar-refractivity contribution in [3.8, 4) is 5.75 Å². The van der Waals surface area contributed by atoms with E-state index < -0.39 is 0 Å². The third-order valence-electron chi connectivity index (χ3n) is 4.91. The van der Waals surface area contributed by atoms with Crippen LogP contribution in [0.25, 0.3) is 10.2 Å². The summed E-state index contributed by atoms with van der Waals surface area (Å²) in [5, 5.41) is 1.74. The topological polar surface area (TPSA) is 51.7 Å². The Balaban J connectivity index is 1.40. The molecule has 1 saturated heterocycles. The number of ether oxygens (including phenoxy) is 2. The van der Waals surface area contributed by atoms with Crippen molar-refractivity contribution in [3.63, 3.8) is 0 Å². The molecular formula is C22H22Cl2N2O3S. The maximum atomic E-state index is 13.1. The van der Waals surface area contributed by atoms with Crippen molar-refractivity contribution in [2.24, 2.45) is 0 Å². The number of rotatable bonds is 8. The minimum atomic E-state index is 0.0235. The summed E-state index contributed by atoms with van der Waals surface area (Å²) in [4.78, 5) is 19.5. The highest BCUT2D eigenvalue weighted by Gasteiger charge is 2.25. The zero-order chi connectivity index (χ0) is 20.9. The molecule has 1 fully saturated rings. The van der Waals surface area contributed by atoms with Crippen LogP contribution in [0.1, 0.15) is 25.7 Å². The molecule has 4 rings (SSSR count). The van der Waals surface area contributed by atoms with Gasteiger partial charge < -0.3 is 9.47 Å². The first kappa shape index (κ1) is 21.4. The molecule has 158 valence electrons. The van der Waals surface area contributed by atoms with Crippen LogP contribution in [0.4, 0.5) is 5.13 Å². The minimum absolute atomic E-state index is 0.0235. The van der Waals surface area contributed by atoms with Gasteiger partial charge in [0.05, 0.1) is 34.5 Å². The van der Waals surface area contributed by atoms with Crippen molar-refractivity contribution in [2.45, 2.75) is 31.8 Å². The summed E-state index contributed by atoms with van der Waals surface area (Å²) in [5.41, 5.74) is 0.906. The van der Waals surface area contributed by atoms with Crippen LogP contribution in [0.15, 0.2) is 42.5 Å². The van der Waals surface area contributed by atoms with Gasteiger partial charge in [-0.05, 0) is 49.6 Å². The summed E-state index contributed by atoms with van der Waals surface area (Å²) in [6.45, 7) is 1.67. The summed E-state index contributed by atoms with van der Waals surface area (Å²) in [6.07, 6.45) is 2.98. The van der Waals surface area contributed by atoms with Gasteiger partial charge in [0.15, 0.2) is 5.13 Å². The maximum absolute atomic E-state index is 13.1. The van der Waals surface area contributed by atoms with E-state index in [-0.39, 0.29) is 12.0 Å². The Hall–Kier alpha value is -1.86. The second-order valence-corrected chi connectivity index (χ2v) is 8.98. The molecule has 1 aliphatic heterocycles. The molecule has 1 aromatic heterocycles. The molecule has 1 aliphatic rings. The summed E-state index contributed by atoms with van der Waals surface area (Å²) in [5.74, 6) is 0.589. The predicted molar refractivity (Wildman–Crippen MR) is 122 cm³/mol. The van der Waals surface area contributed by atoms with Crippen LogP contribution in [0.5, 0.6) is 5.75 Å². The Morgan fingerprint density at radius 2 is 2.13 bits per heavy atom. The smallest absolute Gasteiger partial charge is 0.228 e. The van der Waals surface area contributed by atoms with Crippen LogP contribution in [0, 0.1) is 0 Å². The molecule has 5 nitrogen and oxygen atoms in total. The lowest BCUT2D eigenvalue weighted by atomic mass is 10.2. The van der Waals surface area contributed by atoms with Gasteiger partial charge in [0.2, 0.25) is 5.91 Å². The maximum Gasteiger partial charge on any atom is 0.228 e. The molecule has 1 atom stereocenters. The monoisotopic (exact) mass is 464 g/mol. The number of hydrogen-bond acceptors (Lipinski definition) is 5. The van der Waals surface area contributed by atoms with Crippen molar-refractivity contribution in [1.29, 1.82) is 0 Å². The molecule has 3 aromatic rings. The first-order valence-electron chi connectivity index (χ1n) is 9.95. The molecule has 0 aliphatic carbocycles. The lowest BCUT2D eigenvalue weighted by Crippen LogP contribution is -2.37. The van der Waals surface area contributed by atoms with Gasteiger partial charge in [-0.25, -0.2) is 4.98 Å². The number of anilines is 1. The number of halogens is 2. The molecule has 0 saturated carbocycles. The third kappa shape index (κ3) is 5.24. The number of aromatic nitrogens is 1. The molecule has 0 spiro atoms. The molecule has 0 bridgehead atoms. The largest absolute Gasteiger partial charge is 0.492 e. The molecule has 1 amide bonds. The Kier molecular flexibility index (Phi) is 7.10.